The van der Waals surface area contributed by atoms with Crippen molar-refractivity contribution in [2.24, 2.45) is 5.41 Å². The van der Waals surface area contributed by atoms with Crippen LogP contribution in [0.3, 0.4) is 0 Å². The Hall–Kier alpha value is -1.27. The lowest BCUT2D eigenvalue weighted by Crippen LogP contribution is -2.38. The average Bonchev–Trinajstić information content (AvgIpc) is 2.63. The molecular weight excluding hydrogens is 490 g/mol. The number of ketones is 1. The zero-order chi connectivity index (χ0) is 20.9. The van der Waals surface area contributed by atoms with Gasteiger partial charge in [0.1, 0.15) is 12.4 Å². The zero-order valence-corrected chi connectivity index (χ0v) is 19.0. The maximum atomic E-state index is 12.7. The molecule has 0 radical (unpaired) electrons. The van der Waals surface area contributed by atoms with E-state index in [4.69, 9.17) is 44.3 Å². The van der Waals surface area contributed by atoms with Gasteiger partial charge in [0.2, 0.25) is 5.01 Å². The van der Waals surface area contributed by atoms with Crippen LogP contribution in [0.1, 0.15) is 19.4 Å². The number of esters is 1. The second kappa shape index (κ2) is 9.97. The predicted molar refractivity (Wildman–Crippen MR) is 115 cm³/mol. The summed E-state index contributed by atoms with van der Waals surface area (Å²) in [4.78, 5) is 24.8. The van der Waals surface area contributed by atoms with Gasteiger partial charge in [0, 0.05) is 10.0 Å². The molecule has 0 N–H and O–H groups in total. The molecule has 0 fully saturated rings. The van der Waals surface area contributed by atoms with Crippen LogP contribution in [0.15, 0.2) is 42.5 Å². The third-order valence-corrected chi connectivity index (χ3v) is 5.24. The summed E-state index contributed by atoms with van der Waals surface area (Å²) in [5, 5.41) is 0.379. The van der Waals surface area contributed by atoms with Crippen LogP contribution in [0.25, 0.3) is 0 Å². The fourth-order valence-corrected chi connectivity index (χ4v) is 3.60. The molecule has 0 aliphatic rings. The molecule has 0 bridgehead atoms. The van der Waals surface area contributed by atoms with Crippen molar-refractivity contribution in [3.05, 3.63) is 63.1 Å². The van der Waals surface area contributed by atoms with Gasteiger partial charge in [-0.25, -0.2) is 0 Å². The zero-order valence-electron chi connectivity index (χ0n) is 15.2. The molecule has 2 aromatic carbocycles. The molecule has 0 heterocycles. The van der Waals surface area contributed by atoms with Gasteiger partial charge in [-0.3, -0.25) is 9.59 Å². The molecule has 1 unspecified atom stereocenters. The van der Waals surface area contributed by atoms with Gasteiger partial charge in [0.05, 0.1) is 16.9 Å². The second-order valence-corrected chi connectivity index (χ2v) is 8.83. The molecule has 0 amide bonds. The van der Waals surface area contributed by atoms with E-state index < -0.39 is 16.4 Å². The molecule has 0 aliphatic carbocycles. The standard InChI is InChI=1S/C20H18BrCl3O4/c1-20(2,11-27-17(25)9-12-3-5-13(22)6-4-12)18(26)19(21)28-16-8-7-14(23)10-15(16)24/h3-8,10,19H,9,11H2,1-2H3. The molecule has 150 valence electrons. The predicted octanol–water partition coefficient (Wildman–Crippen LogP) is 6.13. The van der Waals surface area contributed by atoms with Crippen LogP contribution in [0.5, 0.6) is 5.75 Å². The van der Waals surface area contributed by atoms with E-state index in [1.165, 1.54) is 6.07 Å². The lowest BCUT2D eigenvalue weighted by atomic mass is 9.89. The maximum absolute atomic E-state index is 12.7. The van der Waals surface area contributed by atoms with Crippen molar-refractivity contribution in [1.29, 1.82) is 0 Å². The summed E-state index contributed by atoms with van der Waals surface area (Å²) in [5.41, 5.74) is -0.194. The Morgan fingerprint density at radius 2 is 1.64 bits per heavy atom. The van der Waals surface area contributed by atoms with Crippen molar-refractivity contribution in [1.82, 2.24) is 0 Å². The Bertz CT molecular complexity index is 853. The summed E-state index contributed by atoms with van der Waals surface area (Å²) in [6.45, 7) is 3.26. The highest BCUT2D eigenvalue weighted by atomic mass is 79.9. The molecule has 0 aromatic heterocycles. The minimum Gasteiger partial charge on any atom is -0.470 e. The van der Waals surface area contributed by atoms with Crippen LogP contribution in [-0.4, -0.2) is 23.4 Å². The topological polar surface area (TPSA) is 52.6 Å². The summed E-state index contributed by atoms with van der Waals surface area (Å²) in [7, 11) is 0. The lowest BCUT2D eigenvalue weighted by Gasteiger charge is -2.25. The number of ether oxygens (including phenoxy) is 2. The molecule has 0 saturated carbocycles. The first kappa shape index (κ1) is 23.0. The van der Waals surface area contributed by atoms with E-state index >= 15 is 0 Å². The SMILES string of the molecule is CC(C)(COC(=O)Cc1ccc(Cl)cc1)C(=O)C(Br)Oc1ccc(Cl)cc1Cl. The number of Topliss-reactive ketones (excluding diaryl/α,β-unsaturated/α-hetero) is 1. The first-order valence-corrected chi connectivity index (χ1v) is 10.3. The van der Waals surface area contributed by atoms with Crippen LogP contribution in [0.4, 0.5) is 0 Å². The fraction of sp³-hybridized carbons (Fsp3) is 0.300. The lowest BCUT2D eigenvalue weighted by molar-refractivity contribution is -0.149. The first-order valence-electron chi connectivity index (χ1n) is 8.28. The Morgan fingerprint density at radius 3 is 2.25 bits per heavy atom. The van der Waals surface area contributed by atoms with Gasteiger partial charge in [0.25, 0.3) is 0 Å². The number of benzene rings is 2. The van der Waals surface area contributed by atoms with Gasteiger partial charge < -0.3 is 9.47 Å². The number of hydrogen-bond donors (Lipinski definition) is 0. The molecule has 28 heavy (non-hydrogen) atoms. The number of hydrogen-bond acceptors (Lipinski definition) is 4. The first-order chi connectivity index (χ1) is 13.1. The van der Waals surface area contributed by atoms with Gasteiger partial charge in [0.15, 0.2) is 5.78 Å². The molecule has 0 saturated heterocycles. The van der Waals surface area contributed by atoms with E-state index in [2.05, 4.69) is 15.9 Å². The quantitative estimate of drug-likeness (QED) is 0.318. The van der Waals surface area contributed by atoms with E-state index in [0.29, 0.717) is 15.8 Å². The molecule has 0 spiro atoms. The number of carbonyl (C=O) groups is 2. The number of alkyl halides is 1. The van der Waals surface area contributed by atoms with Crippen LogP contribution in [-0.2, 0) is 20.7 Å². The van der Waals surface area contributed by atoms with E-state index in [1.807, 2.05) is 0 Å². The number of halogens is 4. The summed E-state index contributed by atoms with van der Waals surface area (Å²) < 4.78 is 10.9. The van der Waals surface area contributed by atoms with Crippen LogP contribution < -0.4 is 4.74 Å². The van der Waals surface area contributed by atoms with E-state index in [1.54, 1.807) is 50.2 Å². The van der Waals surface area contributed by atoms with Gasteiger partial charge in [-0.2, -0.15) is 0 Å². The Balaban J connectivity index is 1.91. The maximum Gasteiger partial charge on any atom is 0.310 e. The third-order valence-electron chi connectivity index (χ3n) is 3.85. The monoisotopic (exact) mass is 506 g/mol. The van der Waals surface area contributed by atoms with E-state index in [9.17, 15) is 9.59 Å². The summed E-state index contributed by atoms with van der Waals surface area (Å²) in [6, 6.07) is 11.6. The molecular formula is C20H18BrCl3O4. The average molecular weight is 509 g/mol. The molecule has 0 aliphatic heterocycles. The Labute approximate surface area is 187 Å². The van der Waals surface area contributed by atoms with Crippen LogP contribution in [0, 0.1) is 5.41 Å². The minimum absolute atomic E-state index is 0.0853. The second-order valence-electron chi connectivity index (χ2n) is 6.72. The van der Waals surface area contributed by atoms with Gasteiger partial charge in [-0.05, 0) is 65.7 Å². The summed E-state index contributed by atoms with van der Waals surface area (Å²) >= 11 is 21.0. The number of carbonyl (C=O) groups excluding carboxylic acids is 2. The largest absolute Gasteiger partial charge is 0.470 e. The molecule has 2 aromatic rings. The van der Waals surface area contributed by atoms with Gasteiger partial charge >= 0.3 is 5.97 Å². The third kappa shape index (κ3) is 6.66. The number of rotatable bonds is 8. The van der Waals surface area contributed by atoms with Crippen molar-refractivity contribution in [3.8, 4) is 5.75 Å². The van der Waals surface area contributed by atoms with Crippen molar-refractivity contribution >= 4 is 62.5 Å². The van der Waals surface area contributed by atoms with Crippen LogP contribution in [0.2, 0.25) is 15.1 Å². The summed E-state index contributed by atoms with van der Waals surface area (Å²) in [6.07, 6.45) is 0.0933. The molecule has 1 atom stereocenters. The molecule has 2 rings (SSSR count). The van der Waals surface area contributed by atoms with E-state index in [-0.39, 0.29) is 23.8 Å². The van der Waals surface area contributed by atoms with E-state index in [0.717, 1.165) is 5.56 Å². The summed E-state index contributed by atoms with van der Waals surface area (Å²) in [5.74, 6) is -0.411. The minimum atomic E-state index is -0.970. The fourth-order valence-electron chi connectivity index (χ4n) is 2.19. The normalized spacial score (nSPS) is 12.4. The Morgan fingerprint density at radius 1 is 1.04 bits per heavy atom. The van der Waals surface area contributed by atoms with Crippen molar-refractivity contribution in [3.63, 3.8) is 0 Å². The molecule has 8 heteroatoms. The Kier molecular flexibility index (Phi) is 8.19. The molecule has 4 nitrogen and oxygen atoms in total. The van der Waals surface area contributed by atoms with Gasteiger partial charge in [-0.1, -0.05) is 46.9 Å². The highest BCUT2D eigenvalue weighted by Crippen LogP contribution is 2.31. The van der Waals surface area contributed by atoms with Crippen molar-refractivity contribution in [2.75, 3.05) is 6.61 Å². The van der Waals surface area contributed by atoms with Crippen LogP contribution >= 0.6 is 50.7 Å². The van der Waals surface area contributed by atoms with Crippen molar-refractivity contribution in [2.45, 2.75) is 25.3 Å². The highest BCUT2D eigenvalue weighted by molar-refractivity contribution is 9.09. The smallest absolute Gasteiger partial charge is 0.310 e. The van der Waals surface area contributed by atoms with Crippen molar-refractivity contribution < 1.29 is 19.1 Å². The highest BCUT2D eigenvalue weighted by Gasteiger charge is 2.35. The van der Waals surface area contributed by atoms with Gasteiger partial charge in [-0.15, -0.1) is 0 Å².